The van der Waals surface area contributed by atoms with E-state index in [1.54, 1.807) is 42.5 Å². The van der Waals surface area contributed by atoms with Gasteiger partial charge in [0.05, 0.1) is 24.7 Å². The number of hydrogen-bond acceptors (Lipinski definition) is 5. The lowest BCUT2D eigenvalue weighted by Crippen LogP contribution is -2.40. The number of carbonyl (C=O) groups is 2. The zero-order valence-corrected chi connectivity index (χ0v) is 23.3. The van der Waals surface area contributed by atoms with E-state index in [1.807, 2.05) is 26.0 Å². The van der Waals surface area contributed by atoms with Crippen molar-refractivity contribution in [3.63, 3.8) is 0 Å². The molecule has 4 aromatic rings. The molecule has 2 atom stereocenters. The van der Waals surface area contributed by atoms with Crippen LogP contribution in [0.15, 0.2) is 84.9 Å². The number of Topliss-reactive ketones (excluding diaryl/α,β-unsaturated/α-hetero) is 1. The van der Waals surface area contributed by atoms with E-state index in [9.17, 15) is 9.59 Å². The van der Waals surface area contributed by atoms with Crippen molar-refractivity contribution in [1.29, 1.82) is 0 Å². The van der Waals surface area contributed by atoms with Crippen LogP contribution in [0.3, 0.4) is 0 Å². The van der Waals surface area contributed by atoms with E-state index >= 15 is 0 Å². The Labute approximate surface area is 239 Å². The second-order valence-electron chi connectivity index (χ2n) is 10.2. The highest BCUT2D eigenvalue weighted by Crippen LogP contribution is 2.37. The molecule has 0 aromatic heterocycles. The molecule has 2 aliphatic rings. The van der Waals surface area contributed by atoms with Crippen LogP contribution in [-0.2, 0) is 11.2 Å². The van der Waals surface area contributed by atoms with Gasteiger partial charge in [0, 0.05) is 11.1 Å². The minimum Gasteiger partial charge on any atom is -0.490 e. The third kappa shape index (κ3) is 5.04. The molecule has 5 heteroatoms. The topological polar surface area (TPSA) is 61.8 Å². The molecule has 2 unspecified atom stereocenters. The quantitative estimate of drug-likeness (QED) is 0.199. The summed E-state index contributed by atoms with van der Waals surface area (Å²) in [5, 5.41) is 2.17. The molecule has 0 fully saturated rings. The molecular weight excluding hydrogens is 512 g/mol. The summed E-state index contributed by atoms with van der Waals surface area (Å²) < 4.78 is 17.7. The standard InChI is InChI=1S/C36H32O5/c1-3-39-32-21-15-25(22-33(32)40-4-2)34(37)31-20-18-29-28-16-14-23-10-8-9-13-26(23)27(28)17-19-30(29)35(31)41-36(38)24-11-6-5-7-12-24/h5-13,15-19,21-22,31,35H,3-4,14,20H2,1-2H3. The van der Waals surface area contributed by atoms with E-state index in [-0.39, 0.29) is 5.78 Å². The molecule has 206 valence electrons. The van der Waals surface area contributed by atoms with Gasteiger partial charge >= 0.3 is 5.97 Å². The van der Waals surface area contributed by atoms with E-state index in [0.29, 0.717) is 42.3 Å². The van der Waals surface area contributed by atoms with Crippen molar-refractivity contribution in [1.82, 2.24) is 0 Å². The Kier molecular flexibility index (Phi) is 7.43. The maximum absolute atomic E-state index is 14.1. The van der Waals surface area contributed by atoms with Gasteiger partial charge in [-0.15, -0.1) is 0 Å². The Balaban J connectivity index is 1.43. The van der Waals surface area contributed by atoms with Crippen molar-refractivity contribution >= 4 is 23.9 Å². The molecule has 0 N–H and O–H groups in total. The normalized spacial score (nSPS) is 16.6. The summed E-state index contributed by atoms with van der Waals surface area (Å²) in [7, 11) is 0. The number of esters is 1. The molecule has 5 nitrogen and oxygen atoms in total. The zero-order chi connectivity index (χ0) is 28.3. The first-order chi connectivity index (χ1) is 20.1. The van der Waals surface area contributed by atoms with Gasteiger partial charge in [0.25, 0.3) is 0 Å². The fourth-order valence-corrected chi connectivity index (χ4v) is 5.91. The van der Waals surface area contributed by atoms with E-state index in [1.165, 1.54) is 11.1 Å². The lowest BCUT2D eigenvalue weighted by atomic mass is 9.79. The van der Waals surface area contributed by atoms with Gasteiger partial charge in [-0.05, 0) is 84.1 Å². The SMILES string of the molecule is CCOc1ccc(C(=O)C2CC=c3c(ccc4c3=CCc3ccccc3-4)C2OC(=O)c2ccccc2)cc1OCC. The lowest BCUT2D eigenvalue weighted by Gasteiger charge is -2.30. The largest absolute Gasteiger partial charge is 0.490 e. The summed E-state index contributed by atoms with van der Waals surface area (Å²) in [6.07, 6.45) is 4.91. The summed E-state index contributed by atoms with van der Waals surface area (Å²) in [4.78, 5) is 27.4. The number of hydrogen-bond donors (Lipinski definition) is 0. The number of ketones is 1. The fraction of sp³-hybridized carbons (Fsp3) is 0.222. The Bertz CT molecular complexity index is 1740. The third-order valence-electron chi connectivity index (χ3n) is 7.81. The molecule has 6 rings (SSSR count). The van der Waals surface area contributed by atoms with Gasteiger partial charge in [0.2, 0.25) is 0 Å². The van der Waals surface area contributed by atoms with E-state index < -0.39 is 18.0 Å². The molecule has 0 spiro atoms. The van der Waals surface area contributed by atoms with Crippen LogP contribution in [0.4, 0.5) is 0 Å². The van der Waals surface area contributed by atoms with Crippen molar-refractivity contribution in [2.24, 2.45) is 5.92 Å². The number of rotatable bonds is 8. The van der Waals surface area contributed by atoms with Crippen molar-refractivity contribution < 1.29 is 23.8 Å². The predicted octanol–water partition coefficient (Wildman–Crippen LogP) is 6.07. The van der Waals surface area contributed by atoms with Crippen molar-refractivity contribution in [2.75, 3.05) is 13.2 Å². The number of carbonyl (C=O) groups excluding carboxylic acids is 2. The first-order valence-corrected chi connectivity index (χ1v) is 14.2. The summed E-state index contributed by atoms with van der Waals surface area (Å²) in [5.74, 6) is -0.0122. The average Bonchev–Trinajstić information content (AvgIpc) is 3.02. The van der Waals surface area contributed by atoms with Gasteiger partial charge < -0.3 is 14.2 Å². The summed E-state index contributed by atoms with van der Waals surface area (Å²) >= 11 is 0. The number of ether oxygens (including phenoxy) is 3. The Morgan fingerprint density at radius 3 is 2.29 bits per heavy atom. The van der Waals surface area contributed by atoms with Crippen LogP contribution in [-0.4, -0.2) is 25.0 Å². The minimum atomic E-state index is -0.742. The first-order valence-electron chi connectivity index (χ1n) is 14.2. The van der Waals surface area contributed by atoms with E-state index in [0.717, 1.165) is 28.0 Å². The maximum Gasteiger partial charge on any atom is 0.338 e. The Hall–Kier alpha value is -4.64. The summed E-state index contributed by atoms with van der Waals surface area (Å²) in [6.45, 7) is 4.74. The molecule has 0 saturated carbocycles. The molecule has 0 amide bonds. The number of benzene rings is 4. The van der Waals surface area contributed by atoms with Gasteiger partial charge in [0.1, 0.15) is 6.10 Å². The van der Waals surface area contributed by atoms with Gasteiger partial charge in [-0.1, -0.05) is 66.7 Å². The maximum atomic E-state index is 14.1. The van der Waals surface area contributed by atoms with Crippen LogP contribution in [0.2, 0.25) is 0 Å². The number of fused-ring (bicyclic) bond motifs is 5. The third-order valence-corrected chi connectivity index (χ3v) is 7.81. The Morgan fingerprint density at radius 1 is 0.732 bits per heavy atom. The van der Waals surface area contributed by atoms with E-state index in [4.69, 9.17) is 14.2 Å². The molecule has 0 heterocycles. The fourth-order valence-electron chi connectivity index (χ4n) is 5.91. The van der Waals surface area contributed by atoms with Crippen molar-refractivity contribution in [3.8, 4) is 22.6 Å². The molecule has 41 heavy (non-hydrogen) atoms. The van der Waals surface area contributed by atoms with Gasteiger partial charge in [-0.2, -0.15) is 0 Å². The van der Waals surface area contributed by atoms with Gasteiger partial charge in [0.15, 0.2) is 17.3 Å². The van der Waals surface area contributed by atoms with Gasteiger partial charge in [-0.3, -0.25) is 4.79 Å². The highest BCUT2D eigenvalue weighted by atomic mass is 16.5. The van der Waals surface area contributed by atoms with Crippen LogP contribution >= 0.6 is 0 Å². The molecule has 2 aliphatic carbocycles. The second kappa shape index (κ2) is 11.5. The molecule has 0 aliphatic heterocycles. The predicted molar refractivity (Wildman–Crippen MR) is 160 cm³/mol. The molecule has 0 bridgehead atoms. The molecule has 4 aromatic carbocycles. The molecule has 0 radical (unpaired) electrons. The summed E-state index contributed by atoms with van der Waals surface area (Å²) in [6, 6.07) is 26.7. The van der Waals surface area contributed by atoms with Gasteiger partial charge in [-0.25, -0.2) is 4.79 Å². The van der Waals surface area contributed by atoms with Crippen LogP contribution in [0.25, 0.3) is 23.3 Å². The van der Waals surface area contributed by atoms with E-state index in [2.05, 4.69) is 42.5 Å². The van der Waals surface area contributed by atoms with Crippen LogP contribution in [0, 0.1) is 5.92 Å². The highest BCUT2D eigenvalue weighted by Gasteiger charge is 2.36. The lowest BCUT2D eigenvalue weighted by molar-refractivity contribution is 0.0139. The smallest absolute Gasteiger partial charge is 0.338 e. The van der Waals surface area contributed by atoms with Crippen LogP contribution < -0.4 is 19.9 Å². The van der Waals surface area contributed by atoms with Crippen LogP contribution in [0.1, 0.15) is 58.2 Å². The molecular formula is C36H32O5. The summed E-state index contributed by atoms with van der Waals surface area (Å²) in [5.41, 5.74) is 5.47. The Morgan fingerprint density at radius 2 is 1.49 bits per heavy atom. The van der Waals surface area contributed by atoms with Crippen molar-refractivity contribution in [2.45, 2.75) is 32.8 Å². The zero-order valence-electron chi connectivity index (χ0n) is 23.3. The minimum absolute atomic E-state index is 0.103. The second-order valence-corrected chi connectivity index (χ2v) is 10.2. The highest BCUT2D eigenvalue weighted by molar-refractivity contribution is 6.00. The average molecular weight is 545 g/mol. The first kappa shape index (κ1) is 26.6. The van der Waals surface area contributed by atoms with Crippen LogP contribution in [0.5, 0.6) is 11.5 Å². The van der Waals surface area contributed by atoms with Crippen molar-refractivity contribution in [3.05, 3.63) is 118 Å². The molecule has 0 saturated heterocycles. The monoisotopic (exact) mass is 544 g/mol.